The molecule has 2 aliphatic rings. The Morgan fingerprint density at radius 1 is 0.731 bits per heavy atom. The van der Waals surface area contributed by atoms with Crippen LogP contribution in [0, 0.1) is 10.8 Å². The molecule has 0 unspecified atom stereocenters. The van der Waals surface area contributed by atoms with Crippen LogP contribution < -0.4 is 24.8 Å². The first kappa shape index (κ1) is 26.6. The van der Waals surface area contributed by atoms with Gasteiger partial charge in [-0.1, -0.05) is 0 Å². The predicted molar refractivity (Wildman–Crippen MR) is 109 cm³/mol. The molecule has 0 heterocycles. The quantitative estimate of drug-likeness (QED) is 0.515. The van der Waals surface area contributed by atoms with Crippen LogP contribution in [0.25, 0.3) is 0 Å². The third kappa shape index (κ3) is 5.82. The Morgan fingerprint density at radius 2 is 1.04 bits per heavy atom. The van der Waals surface area contributed by atoms with Crippen molar-refractivity contribution in [2.24, 2.45) is 10.8 Å². The summed E-state index contributed by atoms with van der Waals surface area (Å²) in [6.07, 6.45) is 7.65. The molecule has 0 radical (unpaired) electrons. The molecule has 147 valence electrons. The summed E-state index contributed by atoms with van der Waals surface area (Å²) in [5.41, 5.74) is 7.26. The molecule has 0 aliphatic heterocycles. The third-order valence-corrected chi connectivity index (χ3v) is 25.4. The van der Waals surface area contributed by atoms with Crippen LogP contribution in [0.3, 0.4) is 0 Å². The number of allylic oxidation sites excluding steroid dienone is 8. The predicted octanol–water partition coefficient (Wildman–Crippen LogP) is 0.896. The van der Waals surface area contributed by atoms with Crippen molar-refractivity contribution in [1.29, 1.82) is 0 Å². The Morgan fingerprint density at radius 3 is 1.23 bits per heavy atom. The summed E-state index contributed by atoms with van der Waals surface area (Å²) >= 11 is -1.66. The molecule has 0 nitrogen and oxygen atoms in total. The fourth-order valence-electron chi connectivity index (χ4n) is 3.92. The van der Waals surface area contributed by atoms with Crippen molar-refractivity contribution in [3.63, 3.8) is 0 Å². The van der Waals surface area contributed by atoms with Crippen molar-refractivity contribution >= 4 is 5.92 Å². The third-order valence-electron chi connectivity index (χ3n) is 5.62. The second-order valence-electron chi connectivity index (χ2n) is 10.1. The Bertz CT molecular complexity index is 599. The zero-order valence-corrected chi connectivity index (χ0v) is 23.5. The monoisotopic (exact) mass is 489 g/mol. The summed E-state index contributed by atoms with van der Waals surface area (Å²) < 4.78 is 3.86. The summed E-state index contributed by atoms with van der Waals surface area (Å²) in [5, 5.41) is 0. The molecule has 0 bridgehead atoms. The van der Waals surface area contributed by atoms with Crippen molar-refractivity contribution in [2.75, 3.05) is 0 Å². The molecule has 2 rings (SSSR count). The second-order valence-corrected chi connectivity index (χ2v) is 29.3. The van der Waals surface area contributed by atoms with E-state index in [1.165, 1.54) is 12.8 Å². The first-order valence-electron chi connectivity index (χ1n) is 9.51. The molecule has 0 N–H and O–H groups in total. The Labute approximate surface area is 183 Å². The summed E-state index contributed by atoms with van der Waals surface area (Å²) in [6, 6.07) is 0. The van der Waals surface area contributed by atoms with Crippen molar-refractivity contribution in [1.82, 2.24) is 0 Å². The standard InChI is InChI=1S/2C10H15.C2H7Si.2ClH.Zr/c2*1-8-5-6-9(7-8)10(2,3)4;1-3-2;;;/h2*7H,6H2,1-4H3;3H,1-2H3;2*1H;/q;;;;;+2/p-2. The molecule has 4 heteroatoms. The second kappa shape index (κ2) is 9.43. The molecule has 0 aromatic rings. The fraction of sp³-hybridized carbons (Fsp3) is 0.636. The largest absolute Gasteiger partial charge is 1.00 e. The molecule has 26 heavy (non-hydrogen) atoms. The van der Waals surface area contributed by atoms with Gasteiger partial charge in [0, 0.05) is 0 Å². The first-order valence-corrected chi connectivity index (χ1v) is 19.1. The van der Waals surface area contributed by atoms with E-state index in [4.69, 9.17) is 0 Å². The average molecular weight is 492 g/mol. The molecular weight excluding hydrogens is 454 g/mol. The SMILES string of the molecule is CC1=[C]([Zr+2]([C]2=C(C)C=C(C(C)(C)C)C2)[SiH](C)C)CC(C(C)(C)C)=C1.[Cl-].[Cl-]. The molecule has 0 saturated heterocycles. The minimum absolute atomic E-state index is 0. The van der Waals surface area contributed by atoms with Crippen LogP contribution >= 0.6 is 0 Å². The van der Waals surface area contributed by atoms with E-state index in [9.17, 15) is 0 Å². The zero-order chi connectivity index (χ0) is 18.4. The van der Waals surface area contributed by atoms with Gasteiger partial charge in [-0.2, -0.15) is 0 Å². The Hall–Kier alpha value is 0.640. The molecule has 2 aliphatic carbocycles. The molecule has 0 atom stereocenters. The smallest absolute Gasteiger partial charge is 1.00 e. The van der Waals surface area contributed by atoms with Crippen molar-refractivity contribution in [3.8, 4) is 0 Å². The van der Waals surface area contributed by atoms with Gasteiger partial charge in [-0.25, -0.2) is 0 Å². The molecule has 0 aromatic heterocycles. The first-order chi connectivity index (χ1) is 10.8. The van der Waals surface area contributed by atoms with Crippen LogP contribution in [0.1, 0.15) is 68.2 Å². The van der Waals surface area contributed by atoms with Gasteiger partial charge in [0.1, 0.15) is 0 Å². The molecule has 0 spiro atoms. The van der Waals surface area contributed by atoms with E-state index in [1.54, 1.807) is 22.3 Å². The number of hydrogen-bond donors (Lipinski definition) is 0. The van der Waals surface area contributed by atoms with Gasteiger partial charge >= 0.3 is 160 Å². The molecule has 0 fully saturated rings. The van der Waals surface area contributed by atoms with E-state index in [-0.39, 0.29) is 24.8 Å². The van der Waals surface area contributed by atoms with Gasteiger partial charge < -0.3 is 24.8 Å². The fourth-order valence-corrected chi connectivity index (χ4v) is 24.7. The van der Waals surface area contributed by atoms with Crippen molar-refractivity contribution in [3.05, 3.63) is 41.0 Å². The Kier molecular flexibility index (Phi) is 9.66. The summed E-state index contributed by atoms with van der Waals surface area (Å²) in [5.74, 6) is -0.617. The van der Waals surface area contributed by atoms with E-state index in [0.29, 0.717) is 10.8 Å². The van der Waals surface area contributed by atoms with Gasteiger partial charge in [-0.05, 0) is 0 Å². The Balaban J connectivity index is 0.00000312. The maximum Gasteiger partial charge on any atom is -1.00 e. The minimum atomic E-state index is -1.66. The van der Waals surface area contributed by atoms with Gasteiger partial charge in [0.25, 0.3) is 0 Å². The van der Waals surface area contributed by atoms with Crippen molar-refractivity contribution in [2.45, 2.75) is 81.3 Å². The number of rotatable bonds is 3. The van der Waals surface area contributed by atoms with Crippen molar-refractivity contribution < 1.29 is 45.7 Å². The maximum absolute atomic E-state index is 2.62. The van der Waals surface area contributed by atoms with E-state index in [0.717, 1.165) is 0 Å². The summed E-state index contributed by atoms with van der Waals surface area (Å²) in [7, 11) is 0. The molecule has 0 amide bonds. The van der Waals surface area contributed by atoms with Crippen LogP contribution in [0.2, 0.25) is 13.1 Å². The van der Waals surface area contributed by atoms with Gasteiger partial charge in [-0.15, -0.1) is 0 Å². The van der Waals surface area contributed by atoms with E-state index < -0.39 is 26.8 Å². The topological polar surface area (TPSA) is 0 Å². The average Bonchev–Trinajstić information content (AvgIpc) is 2.94. The zero-order valence-electron chi connectivity index (χ0n) is 18.4. The number of hydrogen-bond acceptors (Lipinski definition) is 0. The normalized spacial score (nSPS) is 18.0. The van der Waals surface area contributed by atoms with E-state index in [1.807, 2.05) is 6.56 Å². The van der Waals surface area contributed by atoms with E-state index in [2.05, 4.69) is 80.6 Å². The molecular formula is C22H37Cl2SiZr. The molecule has 0 saturated carbocycles. The maximum atomic E-state index is 2.62. The summed E-state index contributed by atoms with van der Waals surface area (Å²) in [4.78, 5) is 0. The minimum Gasteiger partial charge on any atom is -1.00 e. The van der Waals surface area contributed by atoms with Gasteiger partial charge in [0.05, 0.1) is 0 Å². The van der Waals surface area contributed by atoms with Crippen LogP contribution in [0.15, 0.2) is 41.0 Å². The summed E-state index contributed by atoms with van der Waals surface area (Å²) in [6.45, 7) is 24.3. The molecule has 0 aromatic carbocycles. The van der Waals surface area contributed by atoms with Crippen LogP contribution in [-0.2, 0) is 20.9 Å². The van der Waals surface area contributed by atoms with E-state index >= 15 is 0 Å². The number of halogens is 2. The van der Waals surface area contributed by atoms with Crippen LogP contribution in [-0.4, -0.2) is 5.92 Å². The van der Waals surface area contributed by atoms with Gasteiger partial charge in [-0.3, -0.25) is 0 Å². The van der Waals surface area contributed by atoms with Crippen LogP contribution in [0.4, 0.5) is 0 Å². The van der Waals surface area contributed by atoms with Gasteiger partial charge in [0.2, 0.25) is 0 Å². The van der Waals surface area contributed by atoms with Gasteiger partial charge in [0.15, 0.2) is 0 Å². The van der Waals surface area contributed by atoms with Crippen LogP contribution in [0.5, 0.6) is 0 Å².